The van der Waals surface area contributed by atoms with Crippen LogP contribution in [0.15, 0.2) is 6.20 Å². The van der Waals surface area contributed by atoms with Crippen molar-refractivity contribution in [3.63, 3.8) is 0 Å². The molecule has 1 fully saturated rings. The van der Waals surface area contributed by atoms with Crippen LogP contribution in [0.1, 0.15) is 49.2 Å². The van der Waals surface area contributed by atoms with Gasteiger partial charge in [0.25, 0.3) is 12.3 Å². The van der Waals surface area contributed by atoms with E-state index in [9.17, 15) is 18.7 Å². The molecule has 2 N–H and O–H groups in total. The molecule has 2 rings (SSSR count). The van der Waals surface area contributed by atoms with Gasteiger partial charge in [-0.2, -0.15) is 5.10 Å². The standard InChI is InChI=1S/C16H25F2N3O3/c1-11(2)7-21-8-12(14(17)18)13(20-21)15(23)19-9-16(10-22)3-5-24-6-4-16/h8,11,14,22H,3-7,9-10H2,1-2H3,(H,19,23). The van der Waals surface area contributed by atoms with Crippen LogP contribution in [0.2, 0.25) is 0 Å². The molecule has 136 valence electrons. The third-order valence-electron chi connectivity index (χ3n) is 4.31. The highest BCUT2D eigenvalue weighted by molar-refractivity contribution is 5.93. The Kier molecular flexibility index (Phi) is 6.28. The highest BCUT2D eigenvalue weighted by atomic mass is 19.3. The van der Waals surface area contributed by atoms with Crippen molar-refractivity contribution >= 4 is 5.91 Å². The summed E-state index contributed by atoms with van der Waals surface area (Å²) in [5, 5.41) is 16.3. The minimum absolute atomic E-state index is 0.0832. The van der Waals surface area contributed by atoms with Crippen molar-refractivity contribution in [2.75, 3.05) is 26.4 Å². The number of hydrogen-bond acceptors (Lipinski definition) is 4. The second-order valence-corrected chi connectivity index (χ2v) is 6.80. The summed E-state index contributed by atoms with van der Waals surface area (Å²) in [6.45, 7) is 5.51. The normalized spacial score (nSPS) is 17.5. The molecule has 0 radical (unpaired) electrons. The number of rotatable bonds is 7. The van der Waals surface area contributed by atoms with E-state index in [1.807, 2.05) is 13.8 Å². The monoisotopic (exact) mass is 345 g/mol. The van der Waals surface area contributed by atoms with Gasteiger partial charge in [0, 0.05) is 37.9 Å². The van der Waals surface area contributed by atoms with E-state index in [1.165, 1.54) is 10.9 Å². The lowest BCUT2D eigenvalue weighted by molar-refractivity contribution is -0.0146. The maximum Gasteiger partial charge on any atom is 0.272 e. The van der Waals surface area contributed by atoms with Gasteiger partial charge in [-0.3, -0.25) is 9.48 Å². The number of nitrogens with one attached hydrogen (secondary N) is 1. The second kappa shape index (κ2) is 8.02. The summed E-state index contributed by atoms with van der Waals surface area (Å²) in [7, 11) is 0. The summed E-state index contributed by atoms with van der Waals surface area (Å²) in [6, 6.07) is 0. The lowest BCUT2D eigenvalue weighted by Crippen LogP contribution is -2.44. The predicted molar refractivity (Wildman–Crippen MR) is 83.9 cm³/mol. The number of carbonyl (C=O) groups is 1. The van der Waals surface area contributed by atoms with Crippen LogP contribution < -0.4 is 5.32 Å². The average molecular weight is 345 g/mol. The fourth-order valence-electron chi connectivity index (χ4n) is 2.79. The van der Waals surface area contributed by atoms with Gasteiger partial charge in [-0.05, 0) is 18.8 Å². The van der Waals surface area contributed by atoms with Crippen molar-refractivity contribution in [1.29, 1.82) is 0 Å². The number of amides is 1. The molecule has 0 unspecified atom stereocenters. The second-order valence-electron chi connectivity index (χ2n) is 6.80. The average Bonchev–Trinajstić information content (AvgIpc) is 2.97. The van der Waals surface area contributed by atoms with E-state index in [0.717, 1.165) is 0 Å². The molecule has 1 aliphatic rings. The number of carbonyl (C=O) groups excluding carboxylic acids is 1. The van der Waals surface area contributed by atoms with Crippen molar-refractivity contribution in [1.82, 2.24) is 15.1 Å². The molecule has 1 aromatic heterocycles. The van der Waals surface area contributed by atoms with Gasteiger partial charge >= 0.3 is 0 Å². The van der Waals surface area contributed by atoms with E-state index >= 15 is 0 Å². The molecule has 0 bridgehead atoms. The molecule has 1 amide bonds. The zero-order chi connectivity index (χ0) is 17.7. The Labute approximate surface area is 140 Å². The van der Waals surface area contributed by atoms with Crippen LogP contribution in [-0.4, -0.2) is 47.2 Å². The molecular formula is C16H25F2N3O3. The van der Waals surface area contributed by atoms with E-state index < -0.39 is 17.7 Å². The number of aromatic nitrogens is 2. The van der Waals surface area contributed by atoms with Gasteiger partial charge in [0.1, 0.15) is 0 Å². The summed E-state index contributed by atoms with van der Waals surface area (Å²) in [6.07, 6.45) is -0.294. The summed E-state index contributed by atoms with van der Waals surface area (Å²) in [4.78, 5) is 12.3. The van der Waals surface area contributed by atoms with Crippen molar-refractivity contribution in [3.05, 3.63) is 17.5 Å². The number of aliphatic hydroxyl groups is 1. The zero-order valence-electron chi connectivity index (χ0n) is 14.1. The molecule has 2 heterocycles. The number of ether oxygens (including phenoxy) is 1. The van der Waals surface area contributed by atoms with Gasteiger partial charge in [0.15, 0.2) is 5.69 Å². The Morgan fingerprint density at radius 3 is 2.67 bits per heavy atom. The Bertz CT molecular complexity index is 555. The maximum atomic E-state index is 13.2. The molecule has 0 aromatic carbocycles. The summed E-state index contributed by atoms with van der Waals surface area (Å²) >= 11 is 0. The maximum absolute atomic E-state index is 13.2. The first kappa shape index (κ1) is 18.8. The van der Waals surface area contributed by atoms with Crippen LogP contribution in [-0.2, 0) is 11.3 Å². The number of halogens is 2. The number of nitrogens with zero attached hydrogens (tertiary/aromatic N) is 2. The molecule has 24 heavy (non-hydrogen) atoms. The summed E-state index contributed by atoms with van der Waals surface area (Å²) < 4.78 is 33.0. The molecular weight excluding hydrogens is 320 g/mol. The quantitative estimate of drug-likeness (QED) is 0.792. The Morgan fingerprint density at radius 1 is 1.46 bits per heavy atom. The van der Waals surface area contributed by atoms with E-state index in [2.05, 4.69) is 10.4 Å². The fourth-order valence-corrected chi connectivity index (χ4v) is 2.79. The first-order valence-corrected chi connectivity index (χ1v) is 8.19. The zero-order valence-corrected chi connectivity index (χ0v) is 14.1. The Balaban J connectivity index is 2.09. The third-order valence-corrected chi connectivity index (χ3v) is 4.31. The van der Waals surface area contributed by atoms with E-state index in [1.54, 1.807) is 0 Å². The molecule has 0 atom stereocenters. The molecule has 1 aliphatic heterocycles. The summed E-state index contributed by atoms with van der Waals surface area (Å²) in [5.41, 5.74) is -1.07. The van der Waals surface area contributed by atoms with Crippen molar-refractivity contribution in [2.24, 2.45) is 11.3 Å². The molecule has 0 spiro atoms. The molecule has 8 heteroatoms. The topological polar surface area (TPSA) is 76.4 Å². The van der Waals surface area contributed by atoms with Crippen LogP contribution >= 0.6 is 0 Å². The Hall–Kier alpha value is -1.54. The van der Waals surface area contributed by atoms with Gasteiger partial charge < -0.3 is 15.2 Å². The highest BCUT2D eigenvalue weighted by Gasteiger charge is 2.33. The number of aliphatic hydroxyl groups excluding tert-OH is 1. The van der Waals surface area contributed by atoms with Crippen LogP contribution in [0.25, 0.3) is 0 Å². The van der Waals surface area contributed by atoms with Crippen LogP contribution in [0.4, 0.5) is 8.78 Å². The molecule has 1 saturated heterocycles. The van der Waals surface area contributed by atoms with Gasteiger partial charge in [-0.15, -0.1) is 0 Å². The van der Waals surface area contributed by atoms with E-state index in [0.29, 0.717) is 32.6 Å². The minimum atomic E-state index is -2.76. The van der Waals surface area contributed by atoms with Gasteiger partial charge in [-0.1, -0.05) is 13.8 Å². The largest absolute Gasteiger partial charge is 0.396 e. The first-order chi connectivity index (χ1) is 11.4. The number of hydrogen-bond donors (Lipinski definition) is 2. The van der Waals surface area contributed by atoms with Gasteiger partial charge in [-0.25, -0.2) is 8.78 Å². The molecule has 1 aromatic rings. The lowest BCUT2D eigenvalue weighted by Gasteiger charge is -2.35. The number of alkyl halides is 2. The summed E-state index contributed by atoms with van der Waals surface area (Å²) in [5.74, 6) is -0.404. The van der Waals surface area contributed by atoms with Crippen LogP contribution in [0, 0.1) is 11.3 Å². The van der Waals surface area contributed by atoms with Crippen molar-refractivity contribution in [2.45, 2.75) is 39.7 Å². The molecule has 0 saturated carbocycles. The van der Waals surface area contributed by atoms with Crippen molar-refractivity contribution < 1.29 is 23.4 Å². The Morgan fingerprint density at radius 2 is 2.12 bits per heavy atom. The SMILES string of the molecule is CC(C)Cn1cc(C(F)F)c(C(=O)NCC2(CO)CCOCC2)n1. The van der Waals surface area contributed by atoms with Gasteiger partial charge in [0.05, 0.1) is 12.2 Å². The minimum Gasteiger partial charge on any atom is -0.396 e. The van der Waals surface area contributed by atoms with Crippen LogP contribution in [0.5, 0.6) is 0 Å². The fraction of sp³-hybridized carbons (Fsp3) is 0.750. The van der Waals surface area contributed by atoms with Crippen LogP contribution in [0.3, 0.4) is 0 Å². The van der Waals surface area contributed by atoms with E-state index in [4.69, 9.17) is 4.74 Å². The lowest BCUT2D eigenvalue weighted by atomic mass is 9.81. The predicted octanol–water partition coefficient (Wildman–Crippen LogP) is 2.00. The van der Waals surface area contributed by atoms with Gasteiger partial charge in [0.2, 0.25) is 0 Å². The third kappa shape index (κ3) is 4.51. The highest BCUT2D eigenvalue weighted by Crippen LogP contribution is 2.29. The first-order valence-electron chi connectivity index (χ1n) is 8.19. The van der Waals surface area contributed by atoms with Crippen molar-refractivity contribution in [3.8, 4) is 0 Å². The molecule has 6 nitrogen and oxygen atoms in total. The smallest absolute Gasteiger partial charge is 0.272 e. The van der Waals surface area contributed by atoms with E-state index in [-0.39, 0.29) is 30.3 Å². The molecule has 0 aliphatic carbocycles.